The van der Waals surface area contributed by atoms with Crippen molar-refractivity contribution in [3.05, 3.63) is 18.2 Å². The molecule has 3 nitrogen and oxygen atoms in total. The van der Waals surface area contributed by atoms with E-state index in [0.29, 0.717) is 10.6 Å². The molecule has 3 N–H and O–H groups in total. The quantitative estimate of drug-likeness (QED) is 0.478. The van der Waals surface area contributed by atoms with Gasteiger partial charge in [0.25, 0.3) is 0 Å². The van der Waals surface area contributed by atoms with Crippen molar-refractivity contribution in [1.82, 2.24) is 9.97 Å². The van der Waals surface area contributed by atoms with Gasteiger partial charge in [-0.2, -0.15) is 0 Å². The Morgan fingerprint density at radius 2 is 2.64 bits per heavy atom. The Labute approximate surface area is 75.8 Å². The molecule has 0 fully saturated rings. The van der Waals surface area contributed by atoms with Gasteiger partial charge >= 0.3 is 0 Å². The maximum Gasteiger partial charge on any atom is 0.0921 e. The van der Waals surface area contributed by atoms with Crippen LogP contribution < -0.4 is 5.73 Å². The summed E-state index contributed by atoms with van der Waals surface area (Å²) in [4.78, 5) is 6.79. The molecule has 0 bridgehead atoms. The Balaban J connectivity index is 2.50. The summed E-state index contributed by atoms with van der Waals surface area (Å²) in [5, 5.41) is 0. The minimum atomic E-state index is -0.172. The van der Waals surface area contributed by atoms with Gasteiger partial charge in [-0.25, -0.2) is 4.98 Å². The van der Waals surface area contributed by atoms with Crippen molar-refractivity contribution >= 4 is 29.0 Å². The highest BCUT2D eigenvalue weighted by atomic mass is 32.1. The van der Waals surface area contributed by atoms with Gasteiger partial charge < -0.3 is 10.7 Å². The molecule has 0 aromatic carbocycles. The van der Waals surface area contributed by atoms with Gasteiger partial charge in [-0.3, -0.25) is 0 Å². The van der Waals surface area contributed by atoms with E-state index in [9.17, 15) is 0 Å². The van der Waals surface area contributed by atoms with Gasteiger partial charge in [-0.15, -0.1) is 12.6 Å². The SMILES string of the molecule is NC(Cc1cnc[nH]1)C(=S)S. The first-order chi connectivity index (χ1) is 5.20. The Bertz CT molecular complexity index is 232. The van der Waals surface area contributed by atoms with E-state index >= 15 is 0 Å². The third-order valence-corrected chi connectivity index (χ3v) is 1.95. The highest BCUT2D eigenvalue weighted by Gasteiger charge is 2.06. The predicted octanol–water partition coefficient (Wildman–Crippen LogP) is 0.537. The molecule has 0 saturated heterocycles. The van der Waals surface area contributed by atoms with Crippen LogP contribution in [-0.2, 0) is 6.42 Å². The van der Waals surface area contributed by atoms with Crippen LogP contribution >= 0.6 is 24.8 Å². The molecule has 1 unspecified atom stereocenters. The van der Waals surface area contributed by atoms with Crippen LogP contribution in [0.5, 0.6) is 0 Å². The second kappa shape index (κ2) is 3.85. The van der Waals surface area contributed by atoms with Crippen molar-refractivity contribution in [2.75, 3.05) is 0 Å². The molecule has 0 aliphatic rings. The van der Waals surface area contributed by atoms with Gasteiger partial charge in [0, 0.05) is 18.3 Å². The van der Waals surface area contributed by atoms with Gasteiger partial charge in [0.2, 0.25) is 0 Å². The molecular formula is C6H9N3S2. The zero-order valence-electron chi connectivity index (χ0n) is 5.82. The summed E-state index contributed by atoms with van der Waals surface area (Å²) in [6, 6.07) is -0.172. The van der Waals surface area contributed by atoms with Crippen LogP contribution in [0.2, 0.25) is 0 Å². The molecule has 60 valence electrons. The third-order valence-electron chi connectivity index (χ3n) is 1.31. The summed E-state index contributed by atoms with van der Waals surface area (Å²) in [7, 11) is 0. The van der Waals surface area contributed by atoms with E-state index in [-0.39, 0.29) is 6.04 Å². The zero-order chi connectivity index (χ0) is 8.27. The van der Waals surface area contributed by atoms with Crippen LogP contribution in [0.1, 0.15) is 5.69 Å². The average Bonchev–Trinajstić information content (AvgIpc) is 2.39. The molecule has 1 aromatic rings. The minimum Gasteiger partial charge on any atom is -0.348 e. The van der Waals surface area contributed by atoms with Crippen molar-refractivity contribution in [2.24, 2.45) is 5.73 Å². The molecule has 1 aromatic heterocycles. The topological polar surface area (TPSA) is 54.7 Å². The van der Waals surface area contributed by atoms with Crippen LogP contribution in [0, 0.1) is 0 Å². The molecule has 1 atom stereocenters. The summed E-state index contributed by atoms with van der Waals surface area (Å²) in [6.07, 6.45) is 4.01. The van der Waals surface area contributed by atoms with E-state index in [0.717, 1.165) is 5.69 Å². The molecule has 1 heterocycles. The normalized spacial score (nSPS) is 12.9. The summed E-state index contributed by atoms with van der Waals surface area (Å²) in [6.45, 7) is 0. The number of nitrogens with one attached hydrogen (secondary N) is 1. The number of aromatic nitrogens is 2. The first kappa shape index (κ1) is 8.70. The zero-order valence-corrected chi connectivity index (χ0v) is 7.53. The summed E-state index contributed by atoms with van der Waals surface area (Å²) in [5.41, 5.74) is 6.62. The van der Waals surface area contributed by atoms with E-state index in [1.54, 1.807) is 12.5 Å². The van der Waals surface area contributed by atoms with Gasteiger partial charge in [0.15, 0.2) is 0 Å². The lowest BCUT2D eigenvalue weighted by molar-refractivity contribution is 0.847. The number of hydrogen-bond acceptors (Lipinski definition) is 3. The number of nitrogens with two attached hydrogens (primary N) is 1. The minimum absolute atomic E-state index is 0.172. The molecule has 0 saturated carbocycles. The van der Waals surface area contributed by atoms with Crippen LogP contribution in [0.25, 0.3) is 0 Å². The largest absolute Gasteiger partial charge is 0.348 e. The third kappa shape index (κ3) is 2.61. The molecular weight excluding hydrogens is 178 g/mol. The van der Waals surface area contributed by atoms with Crippen LogP contribution in [0.4, 0.5) is 0 Å². The number of thiol groups is 1. The van der Waals surface area contributed by atoms with Crippen molar-refractivity contribution in [3.63, 3.8) is 0 Å². The molecule has 0 aliphatic heterocycles. The predicted molar refractivity (Wildman–Crippen MR) is 51.9 cm³/mol. The van der Waals surface area contributed by atoms with E-state index in [1.807, 2.05) is 0 Å². The Morgan fingerprint density at radius 1 is 1.91 bits per heavy atom. The molecule has 11 heavy (non-hydrogen) atoms. The fourth-order valence-corrected chi connectivity index (χ4v) is 0.895. The average molecular weight is 187 g/mol. The van der Waals surface area contributed by atoms with Gasteiger partial charge in [-0.05, 0) is 0 Å². The van der Waals surface area contributed by atoms with Crippen molar-refractivity contribution in [3.8, 4) is 0 Å². The standard InChI is InChI=1S/C6H9N3S2/c7-5(6(10)11)1-4-2-8-3-9-4/h2-3,5H,1,7H2,(H,8,9)(H,10,11). The number of H-pyrrole nitrogens is 1. The second-order valence-corrected chi connectivity index (χ2v) is 3.45. The van der Waals surface area contributed by atoms with Crippen molar-refractivity contribution < 1.29 is 0 Å². The highest BCUT2D eigenvalue weighted by molar-refractivity contribution is 8.11. The van der Waals surface area contributed by atoms with Gasteiger partial charge in [-0.1, -0.05) is 12.2 Å². The first-order valence-electron chi connectivity index (χ1n) is 3.16. The Kier molecular flexibility index (Phi) is 3.04. The fourth-order valence-electron chi connectivity index (χ4n) is 0.721. The summed E-state index contributed by atoms with van der Waals surface area (Å²) >= 11 is 8.77. The number of hydrogen-bond donors (Lipinski definition) is 3. The van der Waals surface area contributed by atoms with Crippen LogP contribution in [0.3, 0.4) is 0 Å². The van der Waals surface area contributed by atoms with Crippen molar-refractivity contribution in [2.45, 2.75) is 12.5 Å². The van der Waals surface area contributed by atoms with E-state index in [4.69, 9.17) is 18.0 Å². The van der Waals surface area contributed by atoms with E-state index in [1.165, 1.54) is 0 Å². The van der Waals surface area contributed by atoms with Gasteiger partial charge in [0.1, 0.15) is 0 Å². The Hall–Kier alpha value is -0.390. The highest BCUT2D eigenvalue weighted by Crippen LogP contribution is 2.00. The summed E-state index contributed by atoms with van der Waals surface area (Å²) < 4.78 is 0.527. The van der Waals surface area contributed by atoms with Crippen LogP contribution in [0.15, 0.2) is 12.5 Å². The number of thiocarbonyl (C=S) groups is 1. The summed E-state index contributed by atoms with van der Waals surface area (Å²) in [5.74, 6) is 0. The monoisotopic (exact) mass is 187 g/mol. The Morgan fingerprint density at radius 3 is 3.09 bits per heavy atom. The van der Waals surface area contributed by atoms with Crippen molar-refractivity contribution in [1.29, 1.82) is 0 Å². The lowest BCUT2D eigenvalue weighted by atomic mass is 10.2. The molecule has 0 amide bonds. The second-order valence-electron chi connectivity index (χ2n) is 2.23. The first-order valence-corrected chi connectivity index (χ1v) is 4.01. The molecule has 0 aliphatic carbocycles. The fraction of sp³-hybridized carbons (Fsp3) is 0.333. The number of aromatic amines is 1. The maximum absolute atomic E-state index is 5.64. The smallest absolute Gasteiger partial charge is 0.0921 e. The van der Waals surface area contributed by atoms with Crippen LogP contribution in [-0.4, -0.2) is 20.2 Å². The van der Waals surface area contributed by atoms with E-state index in [2.05, 4.69) is 22.6 Å². The number of imidazole rings is 1. The number of rotatable bonds is 3. The molecule has 0 radical (unpaired) electrons. The molecule has 0 spiro atoms. The lowest BCUT2D eigenvalue weighted by Crippen LogP contribution is -2.28. The lowest BCUT2D eigenvalue weighted by Gasteiger charge is -2.05. The number of nitrogens with zero attached hydrogens (tertiary/aromatic N) is 1. The van der Waals surface area contributed by atoms with E-state index < -0.39 is 0 Å². The maximum atomic E-state index is 5.64. The molecule has 5 heteroatoms. The van der Waals surface area contributed by atoms with Gasteiger partial charge in [0.05, 0.1) is 16.6 Å². The molecule has 1 rings (SSSR count).